The molecule has 3 nitrogen and oxygen atoms in total. The van der Waals surface area contributed by atoms with E-state index >= 15 is 0 Å². The smallest absolute Gasteiger partial charge is 0.264 e. The summed E-state index contributed by atoms with van der Waals surface area (Å²) in [5, 5.41) is 10.4. The zero-order valence-electron chi connectivity index (χ0n) is 9.39. The van der Waals surface area contributed by atoms with Gasteiger partial charge in [0.2, 0.25) is 0 Å². The molecule has 0 spiro atoms. The van der Waals surface area contributed by atoms with Gasteiger partial charge in [-0.1, -0.05) is 24.3 Å². The van der Waals surface area contributed by atoms with Gasteiger partial charge >= 0.3 is 0 Å². The summed E-state index contributed by atoms with van der Waals surface area (Å²) < 4.78 is 0. The molecule has 0 aliphatic carbocycles. The van der Waals surface area contributed by atoms with Crippen molar-refractivity contribution in [2.24, 2.45) is 0 Å². The molecule has 1 unspecified atom stereocenters. The van der Waals surface area contributed by atoms with Crippen LogP contribution in [0.15, 0.2) is 36.9 Å². The van der Waals surface area contributed by atoms with Crippen LogP contribution in [0, 0.1) is 12.3 Å². The van der Waals surface area contributed by atoms with Crippen LogP contribution in [0.3, 0.4) is 0 Å². The van der Waals surface area contributed by atoms with Crippen molar-refractivity contribution in [3.8, 4) is 12.3 Å². The van der Waals surface area contributed by atoms with E-state index in [1.54, 1.807) is 24.3 Å². The monoisotopic (exact) mass is 227 g/mol. The number of amides is 1. The van der Waals surface area contributed by atoms with Crippen LogP contribution in [0.4, 0.5) is 5.69 Å². The van der Waals surface area contributed by atoms with E-state index in [1.165, 1.54) is 4.90 Å². The molecule has 86 valence electrons. The summed E-state index contributed by atoms with van der Waals surface area (Å²) in [5.41, 5.74) is -0.311. The molecule has 1 aromatic rings. The Hall–Kier alpha value is -2.05. The molecule has 0 saturated carbocycles. The summed E-state index contributed by atoms with van der Waals surface area (Å²) in [6.45, 7) is 3.97. The van der Waals surface area contributed by atoms with Crippen molar-refractivity contribution >= 4 is 11.6 Å². The molecule has 1 N–H and O–H groups in total. The van der Waals surface area contributed by atoms with E-state index in [2.05, 4.69) is 12.5 Å². The quantitative estimate of drug-likeness (QED) is 0.627. The number of hydrogen-bond donors (Lipinski definition) is 1. The minimum atomic E-state index is -1.59. The van der Waals surface area contributed by atoms with E-state index in [1.807, 2.05) is 6.07 Å². The van der Waals surface area contributed by atoms with Crippen molar-refractivity contribution in [1.29, 1.82) is 0 Å². The van der Waals surface area contributed by atoms with E-state index < -0.39 is 5.60 Å². The van der Waals surface area contributed by atoms with Gasteiger partial charge in [0.1, 0.15) is 0 Å². The minimum Gasteiger partial charge on any atom is -0.374 e. The average molecular weight is 227 g/mol. The Kier molecular flexibility index (Phi) is 2.74. The van der Waals surface area contributed by atoms with Crippen LogP contribution in [0.25, 0.3) is 0 Å². The predicted molar refractivity (Wildman–Crippen MR) is 66.3 cm³/mol. The zero-order chi connectivity index (χ0) is 12.5. The van der Waals surface area contributed by atoms with E-state index in [-0.39, 0.29) is 12.3 Å². The Morgan fingerprint density at radius 3 is 2.88 bits per heavy atom. The zero-order valence-corrected chi connectivity index (χ0v) is 9.39. The van der Waals surface area contributed by atoms with Gasteiger partial charge in [-0.15, -0.1) is 18.9 Å². The van der Waals surface area contributed by atoms with Gasteiger partial charge in [0.05, 0.1) is 12.1 Å². The number of aliphatic hydroxyl groups is 1. The normalized spacial score (nSPS) is 22.1. The Labute approximate surface area is 100 Å². The van der Waals surface area contributed by atoms with Crippen LogP contribution in [-0.4, -0.2) is 17.6 Å². The highest BCUT2D eigenvalue weighted by Gasteiger charge is 2.48. The Bertz CT molecular complexity index is 515. The number of anilines is 1. The summed E-state index contributed by atoms with van der Waals surface area (Å²) in [5.74, 6) is 1.98. The molecule has 1 amide bonds. The molecule has 1 atom stereocenters. The number of hydrogen-bond acceptors (Lipinski definition) is 2. The molecule has 0 bridgehead atoms. The van der Waals surface area contributed by atoms with Crippen molar-refractivity contribution in [1.82, 2.24) is 0 Å². The molecular weight excluding hydrogens is 214 g/mol. The molecule has 1 heterocycles. The summed E-state index contributed by atoms with van der Waals surface area (Å²) in [7, 11) is 0. The molecule has 17 heavy (non-hydrogen) atoms. The summed E-state index contributed by atoms with van der Waals surface area (Å²) in [4.78, 5) is 13.7. The molecule has 1 aromatic carbocycles. The number of para-hydroxylation sites is 1. The summed E-state index contributed by atoms with van der Waals surface area (Å²) in [6.07, 6.45) is 6.84. The van der Waals surface area contributed by atoms with Crippen LogP contribution < -0.4 is 4.90 Å². The third-order valence-electron chi connectivity index (χ3n) is 2.91. The highest BCUT2D eigenvalue weighted by molar-refractivity contribution is 6.07. The second-order valence-electron chi connectivity index (χ2n) is 3.96. The number of carbonyl (C=O) groups excluding carboxylic acids is 1. The lowest BCUT2D eigenvalue weighted by molar-refractivity contribution is -0.135. The van der Waals surface area contributed by atoms with Gasteiger partial charge in [-0.25, -0.2) is 0 Å². The first kappa shape index (κ1) is 11.4. The first-order chi connectivity index (χ1) is 8.15. The predicted octanol–water partition coefficient (Wildman–Crippen LogP) is 1.43. The highest BCUT2D eigenvalue weighted by atomic mass is 16.3. The van der Waals surface area contributed by atoms with Crippen LogP contribution in [0.2, 0.25) is 0 Å². The Balaban J connectivity index is 2.57. The first-order valence-electron chi connectivity index (χ1n) is 5.33. The first-order valence-corrected chi connectivity index (χ1v) is 5.33. The molecule has 1 aliphatic rings. The fourth-order valence-electron chi connectivity index (χ4n) is 2.14. The second kappa shape index (κ2) is 4.08. The second-order valence-corrected chi connectivity index (χ2v) is 3.96. The van der Waals surface area contributed by atoms with Gasteiger partial charge < -0.3 is 10.0 Å². The number of fused-ring (bicyclic) bond motifs is 1. The fraction of sp³-hybridized carbons (Fsp3) is 0.214. The van der Waals surface area contributed by atoms with Crippen molar-refractivity contribution in [3.05, 3.63) is 42.5 Å². The van der Waals surface area contributed by atoms with Crippen molar-refractivity contribution in [2.75, 3.05) is 11.4 Å². The SMILES string of the molecule is C#CCC1(O)C(=O)N(CC=C)c2ccccc21. The fourth-order valence-corrected chi connectivity index (χ4v) is 2.14. The van der Waals surface area contributed by atoms with Gasteiger partial charge in [-0.3, -0.25) is 4.79 Å². The van der Waals surface area contributed by atoms with Crippen molar-refractivity contribution in [3.63, 3.8) is 0 Å². The molecule has 2 rings (SSSR count). The minimum absolute atomic E-state index is 0.0174. The van der Waals surface area contributed by atoms with E-state index in [4.69, 9.17) is 6.42 Å². The molecule has 0 saturated heterocycles. The highest BCUT2D eigenvalue weighted by Crippen LogP contribution is 2.41. The maximum absolute atomic E-state index is 12.2. The van der Waals surface area contributed by atoms with Crippen molar-refractivity contribution in [2.45, 2.75) is 12.0 Å². The molecule has 0 radical (unpaired) electrons. The average Bonchev–Trinajstić information content (AvgIpc) is 2.54. The standard InChI is InChI=1S/C14H13NO2/c1-3-9-14(17)11-7-5-6-8-12(11)15(10-4-2)13(14)16/h1,4-8,17H,2,9-10H2. The number of terminal acetylenes is 1. The van der Waals surface area contributed by atoms with E-state index in [0.717, 1.165) is 0 Å². The van der Waals surface area contributed by atoms with Crippen LogP contribution >= 0.6 is 0 Å². The van der Waals surface area contributed by atoms with E-state index in [0.29, 0.717) is 17.8 Å². The Morgan fingerprint density at radius 1 is 1.53 bits per heavy atom. The lowest BCUT2D eigenvalue weighted by atomic mass is 9.92. The summed E-state index contributed by atoms with van der Waals surface area (Å²) in [6, 6.07) is 7.13. The van der Waals surface area contributed by atoms with E-state index in [9.17, 15) is 9.90 Å². The van der Waals surface area contributed by atoms with Gasteiger partial charge in [-0.05, 0) is 6.07 Å². The van der Waals surface area contributed by atoms with Crippen LogP contribution in [0.5, 0.6) is 0 Å². The van der Waals surface area contributed by atoms with Crippen LogP contribution in [-0.2, 0) is 10.4 Å². The lowest BCUT2D eigenvalue weighted by Crippen LogP contribution is -2.40. The largest absolute Gasteiger partial charge is 0.374 e. The van der Waals surface area contributed by atoms with Gasteiger partial charge in [0.15, 0.2) is 5.60 Å². The lowest BCUT2D eigenvalue weighted by Gasteiger charge is -2.20. The van der Waals surface area contributed by atoms with Crippen LogP contribution in [0.1, 0.15) is 12.0 Å². The maximum Gasteiger partial charge on any atom is 0.264 e. The molecule has 1 aliphatic heterocycles. The molecule has 0 fully saturated rings. The Morgan fingerprint density at radius 2 is 2.24 bits per heavy atom. The maximum atomic E-state index is 12.2. The van der Waals surface area contributed by atoms with Gasteiger partial charge in [0, 0.05) is 12.1 Å². The van der Waals surface area contributed by atoms with Crippen molar-refractivity contribution < 1.29 is 9.90 Å². The number of benzene rings is 1. The molecule has 0 aromatic heterocycles. The molecular formula is C14H13NO2. The third kappa shape index (κ3) is 1.54. The third-order valence-corrected chi connectivity index (χ3v) is 2.91. The van der Waals surface area contributed by atoms with Gasteiger partial charge in [0.25, 0.3) is 5.91 Å². The van der Waals surface area contributed by atoms with Gasteiger partial charge in [-0.2, -0.15) is 0 Å². The topological polar surface area (TPSA) is 40.5 Å². The number of carbonyl (C=O) groups is 1. The molecule has 3 heteroatoms. The number of rotatable bonds is 3. The number of nitrogens with zero attached hydrogens (tertiary/aromatic N) is 1. The summed E-state index contributed by atoms with van der Waals surface area (Å²) >= 11 is 0.